The van der Waals surface area contributed by atoms with Crippen LogP contribution in [-0.4, -0.2) is 22.5 Å². The van der Waals surface area contributed by atoms with Crippen molar-refractivity contribution >= 4 is 17.6 Å². The summed E-state index contributed by atoms with van der Waals surface area (Å²) in [6, 6.07) is 3.10. The molecule has 0 aromatic heterocycles. The average molecular weight is 421 g/mol. The summed E-state index contributed by atoms with van der Waals surface area (Å²) in [7, 11) is 0. The number of esters is 1. The van der Waals surface area contributed by atoms with Crippen LogP contribution in [0, 0.1) is 23.6 Å². The fraction of sp³-hybridized carbons (Fsp3) is 0.708. The predicted octanol–water partition coefficient (Wildman–Crippen LogP) is 6.22. The van der Waals surface area contributed by atoms with E-state index in [9.17, 15) is 9.18 Å². The van der Waals surface area contributed by atoms with Crippen LogP contribution in [0.25, 0.3) is 0 Å². The number of ether oxygens (including phenoxy) is 2. The van der Waals surface area contributed by atoms with Crippen LogP contribution in [0.5, 0.6) is 5.75 Å². The second kappa shape index (κ2) is 6.60. The van der Waals surface area contributed by atoms with Crippen molar-refractivity contribution in [3.05, 3.63) is 29.1 Å². The van der Waals surface area contributed by atoms with Crippen LogP contribution < -0.4 is 4.74 Å². The first kappa shape index (κ1) is 19.7. The van der Waals surface area contributed by atoms with Gasteiger partial charge >= 0.3 is 5.97 Å². The van der Waals surface area contributed by atoms with Gasteiger partial charge in [0, 0.05) is 10.9 Å². The zero-order chi connectivity index (χ0) is 20.6. The first-order valence-corrected chi connectivity index (χ1v) is 11.4. The zero-order valence-electron chi connectivity index (χ0n) is 17.5. The molecule has 0 spiro atoms. The van der Waals surface area contributed by atoms with Crippen molar-refractivity contribution in [2.24, 2.45) is 17.8 Å². The van der Waals surface area contributed by atoms with Crippen molar-refractivity contribution in [3.63, 3.8) is 0 Å². The summed E-state index contributed by atoms with van der Waals surface area (Å²) in [4.78, 5) is 12.5. The van der Waals surface area contributed by atoms with Gasteiger partial charge in [-0.2, -0.15) is 0 Å². The van der Waals surface area contributed by atoms with Gasteiger partial charge in [0.25, 0.3) is 0 Å². The van der Waals surface area contributed by atoms with Gasteiger partial charge in [0.15, 0.2) is 0 Å². The number of carbonyl (C=O) groups excluding carboxylic acids is 1. The lowest BCUT2D eigenvalue weighted by Gasteiger charge is -2.57. The SMILES string of the molecule is CC(C)(C)OC(=O)c1cc(C2CC2)c(O[C@H]2C3CC4CC2C[C@](Cl)(C4)C3)cc1F. The number of alkyl halides is 1. The minimum atomic E-state index is -0.656. The Morgan fingerprint density at radius 3 is 2.34 bits per heavy atom. The normalized spacial score (nSPS) is 35.6. The molecule has 0 N–H and O–H groups in total. The Hall–Kier alpha value is -1.29. The molecule has 1 aromatic rings. The fourth-order valence-corrected chi connectivity index (χ4v) is 6.71. The molecule has 0 heterocycles. The largest absolute Gasteiger partial charge is 0.489 e. The van der Waals surface area contributed by atoms with Crippen LogP contribution in [-0.2, 0) is 4.74 Å². The summed E-state index contributed by atoms with van der Waals surface area (Å²) in [5.74, 6) is 1.44. The lowest BCUT2D eigenvalue weighted by Crippen LogP contribution is -2.56. The molecule has 0 saturated heterocycles. The highest BCUT2D eigenvalue weighted by Crippen LogP contribution is 2.59. The molecule has 3 nitrogen and oxygen atoms in total. The van der Waals surface area contributed by atoms with Crippen molar-refractivity contribution in [2.75, 3.05) is 0 Å². The van der Waals surface area contributed by atoms with Gasteiger partial charge in [0.1, 0.15) is 23.3 Å². The molecule has 6 rings (SSSR count). The Morgan fingerprint density at radius 2 is 1.79 bits per heavy atom. The molecule has 0 amide bonds. The number of carbonyl (C=O) groups is 1. The van der Waals surface area contributed by atoms with Gasteiger partial charge in [-0.15, -0.1) is 11.6 Å². The van der Waals surface area contributed by atoms with E-state index in [1.807, 2.05) is 0 Å². The number of hydrogen-bond donors (Lipinski definition) is 0. The summed E-state index contributed by atoms with van der Waals surface area (Å²) in [6.45, 7) is 5.37. The number of rotatable bonds is 4. The van der Waals surface area contributed by atoms with E-state index in [1.165, 1.54) is 18.9 Å². The highest BCUT2D eigenvalue weighted by atomic mass is 35.5. The molecule has 1 aromatic carbocycles. The summed E-state index contributed by atoms with van der Waals surface area (Å²) in [5, 5.41) is 0. The molecule has 2 unspecified atom stereocenters. The first-order valence-electron chi connectivity index (χ1n) is 11.0. The second-order valence-electron chi connectivity index (χ2n) is 10.8. The van der Waals surface area contributed by atoms with E-state index < -0.39 is 17.4 Å². The van der Waals surface area contributed by atoms with Gasteiger partial charge in [-0.05, 0) is 101 Å². The molecular weight excluding hydrogens is 391 g/mol. The summed E-state index contributed by atoms with van der Waals surface area (Å²) < 4.78 is 26.9. The maximum absolute atomic E-state index is 14.9. The fourth-order valence-electron chi connectivity index (χ4n) is 6.09. The van der Waals surface area contributed by atoms with Crippen molar-refractivity contribution in [1.82, 2.24) is 0 Å². The van der Waals surface area contributed by atoms with E-state index in [1.54, 1.807) is 26.8 Å². The number of benzene rings is 1. The molecule has 29 heavy (non-hydrogen) atoms. The molecular formula is C24H30ClFO3. The first-order chi connectivity index (χ1) is 13.6. The van der Waals surface area contributed by atoms with Gasteiger partial charge < -0.3 is 9.47 Å². The van der Waals surface area contributed by atoms with Gasteiger partial charge in [0.2, 0.25) is 0 Å². The van der Waals surface area contributed by atoms with E-state index in [0.717, 1.165) is 43.6 Å². The van der Waals surface area contributed by atoms with Crippen molar-refractivity contribution in [2.45, 2.75) is 88.2 Å². The van der Waals surface area contributed by atoms with E-state index in [4.69, 9.17) is 21.1 Å². The molecule has 5 saturated carbocycles. The molecule has 5 fully saturated rings. The smallest absolute Gasteiger partial charge is 0.341 e. The van der Waals surface area contributed by atoms with Crippen LogP contribution >= 0.6 is 11.6 Å². The summed E-state index contributed by atoms with van der Waals surface area (Å²) in [5.41, 5.74) is 0.316. The van der Waals surface area contributed by atoms with Crippen molar-refractivity contribution in [1.29, 1.82) is 0 Å². The number of halogens is 2. The van der Waals surface area contributed by atoms with Crippen molar-refractivity contribution < 1.29 is 18.7 Å². The Labute approximate surface area is 177 Å². The molecule has 4 bridgehead atoms. The maximum Gasteiger partial charge on any atom is 0.341 e. The molecule has 2 atom stereocenters. The molecule has 5 heteroatoms. The van der Waals surface area contributed by atoms with E-state index >= 15 is 0 Å². The van der Waals surface area contributed by atoms with Crippen LogP contribution in [0.3, 0.4) is 0 Å². The molecule has 0 radical (unpaired) electrons. The monoisotopic (exact) mass is 420 g/mol. The lowest BCUT2D eigenvalue weighted by molar-refractivity contribution is -0.0700. The van der Waals surface area contributed by atoms with E-state index in [0.29, 0.717) is 23.5 Å². The highest BCUT2D eigenvalue weighted by Gasteiger charge is 2.56. The van der Waals surface area contributed by atoms with E-state index in [-0.39, 0.29) is 16.5 Å². The zero-order valence-corrected chi connectivity index (χ0v) is 18.2. The predicted molar refractivity (Wildman–Crippen MR) is 110 cm³/mol. The molecule has 5 aliphatic rings. The molecule has 158 valence electrons. The third kappa shape index (κ3) is 3.78. The van der Waals surface area contributed by atoms with Crippen molar-refractivity contribution in [3.8, 4) is 5.75 Å². The van der Waals surface area contributed by atoms with Crippen LogP contribution in [0.1, 0.15) is 87.6 Å². The van der Waals surface area contributed by atoms with Gasteiger partial charge in [-0.25, -0.2) is 9.18 Å². The summed E-state index contributed by atoms with van der Waals surface area (Å²) >= 11 is 6.86. The maximum atomic E-state index is 14.9. The molecule has 0 aliphatic heterocycles. The van der Waals surface area contributed by atoms with Gasteiger partial charge in [0.05, 0.1) is 5.56 Å². The van der Waals surface area contributed by atoms with Crippen LogP contribution in [0.4, 0.5) is 4.39 Å². The average Bonchev–Trinajstić information content (AvgIpc) is 3.40. The Balaban J connectivity index is 1.42. The number of hydrogen-bond acceptors (Lipinski definition) is 3. The van der Waals surface area contributed by atoms with Gasteiger partial charge in [-0.1, -0.05) is 0 Å². The Morgan fingerprint density at radius 1 is 1.14 bits per heavy atom. The van der Waals surface area contributed by atoms with Gasteiger partial charge in [-0.3, -0.25) is 0 Å². The van der Waals surface area contributed by atoms with E-state index in [2.05, 4.69) is 0 Å². The molecule has 5 aliphatic carbocycles. The topological polar surface area (TPSA) is 35.5 Å². The third-order valence-corrected chi connectivity index (χ3v) is 7.57. The second-order valence-corrected chi connectivity index (χ2v) is 11.7. The minimum Gasteiger partial charge on any atom is -0.489 e. The Kier molecular flexibility index (Phi) is 4.48. The highest BCUT2D eigenvalue weighted by molar-refractivity contribution is 6.24. The minimum absolute atomic E-state index is 0.0129. The third-order valence-electron chi connectivity index (χ3n) is 7.11. The summed E-state index contributed by atoms with van der Waals surface area (Å²) in [6.07, 6.45) is 7.72. The lowest BCUT2D eigenvalue weighted by atomic mass is 9.54. The quantitative estimate of drug-likeness (QED) is 0.428. The standard InChI is InChI=1S/C24H30ClFO3/c1-23(2,3)29-22(27)18-8-17(14-4-5-14)20(9-19(18)26)28-21-15-6-13-7-16(21)12-24(25,10-13)11-15/h8-9,13-16,21H,4-7,10-12H2,1-3H3/t13?,15?,16?,21-,24-. The Bertz CT molecular complexity index is 825. The van der Waals surface area contributed by atoms with Crippen LogP contribution in [0.2, 0.25) is 0 Å². The van der Waals surface area contributed by atoms with Crippen LogP contribution in [0.15, 0.2) is 12.1 Å².